The summed E-state index contributed by atoms with van der Waals surface area (Å²) in [7, 11) is 3.65. The number of nitrogens with one attached hydrogen (secondary N) is 2. The van der Waals surface area contributed by atoms with Crippen LogP contribution in [-0.2, 0) is 17.8 Å². The van der Waals surface area contributed by atoms with Crippen molar-refractivity contribution in [2.75, 3.05) is 20.6 Å². The molecule has 0 unspecified atom stereocenters. The van der Waals surface area contributed by atoms with E-state index >= 15 is 0 Å². The maximum Gasteiger partial charge on any atom is 0.219 e. The van der Waals surface area contributed by atoms with Gasteiger partial charge in [0.05, 0.1) is 5.69 Å². The van der Waals surface area contributed by atoms with Gasteiger partial charge in [-0.05, 0) is 45.7 Å². The molecule has 0 fully saturated rings. The minimum atomic E-state index is 0.120. The zero-order chi connectivity index (χ0) is 14.6. The van der Waals surface area contributed by atoms with E-state index in [1.807, 2.05) is 17.9 Å². The lowest BCUT2D eigenvalue weighted by atomic mass is 10.2. The fourth-order valence-electron chi connectivity index (χ4n) is 2.03. The summed E-state index contributed by atoms with van der Waals surface area (Å²) in [6.45, 7) is 1.94. The number of unbranched alkanes of at least 4 members (excludes halogenated alkanes) is 3. The number of carbonyl (C=O) groups excluding carboxylic acids is 1. The maximum absolute atomic E-state index is 11.1. The van der Waals surface area contributed by atoms with E-state index in [4.69, 9.17) is 0 Å². The van der Waals surface area contributed by atoms with Crippen LogP contribution in [0.25, 0.3) is 0 Å². The monoisotopic (exact) mass is 281 g/mol. The van der Waals surface area contributed by atoms with Gasteiger partial charge in [-0.25, -0.2) is 0 Å². The van der Waals surface area contributed by atoms with Crippen LogP contribution in [0.5, 0.6) is 0 Å². The Morgan fingerprint density at radius 1 is 1.20 bits per heavy atom. The molecule has 1 aromatic rings. The molecule has 0 aliphatic heterocycles. The Morgan fingerprint density at radius 2 is 2.05 bits per heavy atom. The summed E-state index contributed by atoms with van der Waals surface area (Å²) in [5, 5.41) is 14.1. The Labute approximate surface area is 121 Å². The van der Waals surface area contributed by atoms with Crippen molar-refractivity contribution >= 4 is 5.91 Å². The predicted octanol–water partition coefficient (Wildman–Crippen LogP) is 1.13. The number of hydrogen-bond acceptors (Lipinski definition) is 4. The van der Waals surface area contributed by atoms with Gasteiger partial charge in [-0.2, -0.15) is 0 Å². The highest BCUT2D eigenvalue weighted by molar-refractivity contribution is 5.75. The summed E-state index contributed by atoms with van der Waals surface area (Å²) >= 11 is 0. The fraction of sp³-hybridized carbons (Fsp3) is 0.786. The molecule has 1 heterocycles. The molecule has 1 aromatic heterocycles. The van der Waals surface area contributed by atoms with E-state index in [9.17, 15) is 4.79 Å². The van der Waals surface area contributed by atoms with Gasteiger partial charge in [-0.1, -0.05) is 11.6 Å². The number of amides is 1. The fourth-order valence-corrected chi connectivity index (χ4v) is 2.03. The van der Waals surface area contributed by atoms with Gasteiger partial charge in [-0.3, -0.25) is 9.48 Å². The lowest BCUT2D eigenvalue weighted by molar-refractivity contribution is -0.120. The molecule has 0 saturated carbocycles. The molecule has 1 rings (SSSR count). The first-order valence-corrected chi connectivity index (χ1v) is 7.50. The average Bonchev–Trinajstić information content (AvgIpc) is 2.91. The Bertz CT molecular complexity index is 377. The molecule has 0 aliphatic carbocycles. The largest absolute Gasteiger partial charge is 0.359 e. The van der Waals surface area contributed by atoms with Crippen LogP contribution in [-0.4, -0.2) is 41.5 Å². The van der Waals surface area contributed by atoms with Gasteiger partial charge < -0.3 is 10.6 Å². The van der Waals surface area contributed by atoms with Crippen molar-refractivity contribution in [2.45, 2.75) is 51.5 Å². The van der Waals surface area contributed by atoms with Crippen molar-refractivity contribution in [3.63, 3.8) is 0 Å². The Hall–Kier alpha value is -1.43. The van der Waals surface area contributed by atoms with Gasteiger partial charge in [-0.15, -0.1) is 5.10 Å². The van der Waals surface area contributed by atoms with Crippen LogP contribution in [0.15, 0.2) is 6.20 Å². The first kappa shape index (κ1) is 16.6. The summed E-state index contributed by atoms with van der Waals surface area (Å²) in [6, 6.07) is 0. The molecular weight excluding hydrogens is 254 g/mol. The van der Waals surface area contributed by atoms with Crippen LogP contribution in [0, 0.1) is 0 Å². The molecule has 0 aromatic carbocycles. The van der Waals surface area contributed by atoms with E-state index in [0.29, 0.717) is 6.42 Å². The number of nitrogens with zero attached hydrogens (tertiary/aromatic N) is 3. The summed E-state index contributed by atoms with van der Waals surface area (Å²) < 4.78 is 1.91. The van der Waals surface area contributed by atoms with Crippen LogP contribution in [0.3, 0.4) is 0 Å². The minimum Gasteiger partial charge on any atom is -0.359 e. The lowest BCUT2D eigenvalue weighted by Gasteiger charge is -2.01. The zero-order valence-electron chi connectivity index (χ0n) is 12.7. The van der Waals surface area contributed by atoms with E-state index in [0.717, 1.165) is 50.9 Å². The van der Waals surface area contributed by atoms with Crippen LogP contribution in [0.4, 0.5) is 0 Å². The van der Waals surface area contributed by atoms with E-state index < -0.39 is 0 Å². The summed E-state index contributed by atoms with van der Waals surface area (Å²) in [4.78, 5) is 11.1. The van der Waals surface area contributed by atoms with Crippen molar-refractivity contribution in [3.8, 4) is 0 Å². The third kappa shape index (κ3) is 7.23. The molecule has 0 spiro atoms. The highest BCUT2D eigenvalue weighted by atomic mass is 16.1. The highest BCUT2D eigenvalue weighted by Gasteiger charge is 2.01. The molecule has 0 aliphatic rings. The van der Waals surface area contributed by atoms with Crippen LogP contribution in [0.2, 0.25) is 0 Å². The summed E-state index contributed by atoms with van der Waals surface area (Å²) in [6.07, 6.45) is 8.99. The topological polar surface area (TPSA) is 71.8 Å². The SMILES string of the molecule is CNCCCCc1cn(CCCCCC(=O)NC)nn1. The first-order valence-electron chi connectivity index (χ1n) is 7.50. The maximum atomic E-state index is 11.1. The average molecular weight is 281 g/mol. The molecule has 0 radical (unpaired) electrons. The third-order valence-corrected chi connectivity index (χ3v) is 3.27. The van der Waals surface area contributed by atoms with Gasteiger partial charge in [0.2, 0.25) is 5.91 Å². The smallest absolute Gasteiger partial charge is 0.219 e. The molecular formula is C14H27N5O. The Balaban J connectivity index is 2.09. The van der Waals surface area contributed by atoms with Crippen LogP contribution in [0.1, 0.15) is 44.2 Å². The molecule has 6 heteroatoms. The number of aromatic nitrogens is 3. The molecule has 6 nitrogen and oxygen atoms in total. The normalized spacial score (nSPS) is 10.7. The molecule has 0 saturated heterocycles. The van der Waals surface area contributed by atoms with Gasteiger partial charge >= 0.3 is 0 Å². The highest BCUT2D eigenvalue weighted by Crippen LogP contribution is 2.04. The van der Waals surface area contributed by atoms with E-state index in [-0.39, 0.29) is 5.91 Å². The minimum absolute atomic E-state index is 0.120. The van der Waals surface area contributed by atoms with Crippen molar-refractivity contribution < 1.29 is 4.79 Å². The van der Waals surface area contributed by atoms with Crippen molar-refractivity contribution in [1.29, 1.82) is 0 Å². The third-order valence-electron chi connectivity index (χ3n) is 3.27. The van der Waals surface area contributed by atoms with Gasteiger partial charge in [0.25, 0.3) is 0 Å². The second-order valence-corrected chi connectivity index (χ2v) is 5.02. The number of hydrogen-bond donors (Lipinski definition) is 2. The standard InChI is InChI=1S/C14H27N5O/c1-15-10-6-5-8-13-12-19(18-17-13)11-7-3-4-9-14(20)16-2/h12,15H,3-11H2,1-2H3,(H,16,20). The van der Waals surface area contributed by atoms with E-state index in [1.54, 1.807) is 7.05 Å². The van der Waals surface area contributed by atoms with Gasteiger partial charge in [0.15, 0.2) is 0 Å². The Kier molecular flexibility index (Phi) is 8.62. The molecule has 20 heavy (non-hydrogen) atoms. The van der Waals surface area contributed by atoms with Crippen LogP contribution < -0.4 is 10.6 Å². The van der Waals surface area contributed by atoms with E-state index in [1.165, 1.54) is 6.42 Å². The zero-order valence-corrected chi connectivity index (χ0v) is 12.7. The first-order chi connectivity index (χ1) is 9.76. The van der Waals surface area contributed by atoms with Gasteiger partial charge in [0, 0.05) is 26.2 Å². The Morgan fingerprint density at radius 3 is 2.80 bits per heavy atom. The predicted molar refractivity (Wildman–Crippen MR) is 79.4 cm³/mol. The number of aryl methyl sites for hydroxylation is 2. The second-order valence-electron chi connectivity index (χ2n) is 5.02. The molecule has 1 amide bonds. The molecule has 2 N–H and O–H groups in total. The second kappa shape index (κ2) is 10.4. The van der Waals surface area contributed by atoms with Gasteiger partial charge in [0.1, 0.15) is 0 Å². The molecule has 0 atom stereocenters. The van der Waals surface area contributed by atoms with E-state index in [2.05, 4.69) is 20.9 Å². The van der Waals surface area contributed by atoms with Crippen molar-refractivity contribution in [1.82, 2.24) is 25.6 Å². The van der Waals surface area contributed by atoms with Crippen molar-refractivity contribution in [3.05, 3.63) is 11.9 Å². The van der Waals surface area contributed by atoms with Crippen LogP contribution >= 0.6 is 0 Å². The molecule has 0 bridgehead atoms. The molecule has 114 valence electrons. The van der Waals surface area contributed by atoms with Crippen molar-refractivity contribution in [2.24, 2.45) is 0 Å². The lowest BCUT2D eigenvalue weighted by Crippen LogP contribution is -2.16. The quantitative estimate of drug-likeness (QED) is 0.596. The number of rotatable bonds is 11. The number of carbonyl (C=O) groups is 1. The summed E-state index contributed by atoms with van der Waals surface area (Å²) in [5.74, 6) is 0.120. The summed E-state index contributed by atoms with van der Waals surface area (Å²) in [5.41, 5.74) is 1.08.